The Balaban J connectivity index is 2.02. The molecule has 0 saturated carbocycles. The molecule has 0 radical (unpaired) electrons. The minimum absolute atomic E-state index is 0.170. The zero-order valence-electron chi connectivity index (χ0n) is 13.3. The molecular formula is C18H28N2O. The molecule has 3 nitrogen and oxygen atoms in total. The van der Waals surface area contributed by atoms with Crippen molar-refractivity contribution in [2.24, 2.45) is 5.92 Å². The molecular weight excluding hydrogens is 260 g/mol. The van der Waals surface area contributed by atoms with E-state index in [2.05, 4.69) is 47.5 Å². The highest BCUT2D eigenvalue weighted by Gasteiger charge is 2.24. The fourth-order valence-corrected chi connectivity index (χ4v) is 3.00. The van der Waals surface area contributed by atoms with Crippen molar-refractivity contribution in [2.75, 3.05) is 19.6 Å². The Hall–Kier alpha value is -1.35. The van der Waals surface area contributed by atoms with Crippen LogP contribution in [0.3, 0.4) is 0 Å². The second-order valence-electron chi connectivity index (χ2n) is 6.20. The quantitative estimate of drug-likeness (QED) is 0.870. The number of likely N-dealkylation sites (tertiary alicyclic amines) is 1. The zero-order valence-corrected chi connectivity index (χ0v) is 13.3. The van der Waals surface area contributed by atoms with Gasteiger partial charge in [-0.3, -0.25) is 9.69 Å². The first-order valence-corrected chi connectivity index (χ1v) is 8.26. The topological polar surface area (TPSA) is 32.3 Å². The predicted octanol–water partition coefficient (Wildman–Crippen LogP) is 3.38. The first kappa shape index (κ1) is 16.0. The summed E-state index contributed by atoms with van der Waals surface area (Å²) < 4.78 is 0. The molecule has 116 valence electrons. The van der Waals surface area contributed by atoms with E-state index in [1.807, 2.05) is 6.92 Å². The highest BCUT2D eigenvalue weighted by Crippen LogP contribution is 2.26. The molecule has 1 aliphatic rings. The van der Waals surface area contributed by atoms with E-state index in [1.54, 1.807) is 0 Å². The van der Waals surface area contributed by atoms with Crippen molar-refractivity contribution < 1.29 is 4.79 Å². The van der Waals surface area contributed by atoms with Gasteiger partial charge in [-0.05, 0) is 43.8 Å². The van der Waals surface area contributed by atoms with Crippen molar-refractivity contribution in [3.8, 4) is 0 Å². The van der Waals surface area contributed by atoms with Gasteiger partial charge in [0.25, 0.3) is 0 Å². The van der Waals surface area contributed by atoms with E-state index >= 15 is 0 Å². The van der Waals surface area contributed by atoms with Crippen molar-refractivity contribution in [1.82, 2.24) is 10.2 Å². The number of amides is 1. The zero-order chi connectivity index (χ0) is 15.1. The van der Waals surface area contributed by atoms with Gasteiger partial charge in [-0.2, -0.15) is 0 Å². The monoisotopic (exact) mass is 288 g/mol. The second kappa shape index (κ2) is 8.18. The fourth-order valence-electron chi connectivity index (χ4n) is 3.00. The Kier molecular flexibility index (Phi) is 6.24. The van der Waals surface area contributed by atoms with Gasteiger partial charge in [-0.25, -0.2) is 0 Å². The van der Waals surface area contributed by atoms with Crippen LogP contribution in [0.15, 0.2) is 30.3 Å². The molecule has 1 unspecified atom stereocenters. The summed E-state index contributed by atoms with van der Waals surface area (Å²) >= 11 is 0. The molecule has 1 fully saturated rings. The minimum Gasteiger partial charge on any atom is -0.354 e. The molecule has 1 heterocycles. The van der Waals surface area contributed by atoms with Gasteiger partial charge >= 0.3 is 0 Å². The van der Waals surface area contributed by atoms with Gasteiger partial charge in [0, 0.05) is 13.0 Å². The Labute approximate surface area is 128 Å². The summed E-state index contributed by atoms with van der Waals surface area (Å²) in [5, 5.41) is 3.11. The van der Waals surface area contributed by atoms with Gasteiger partial charge in [0.2, 0.25) is 5.91 Å². The van der Waals surface area contributed by atoms with Gasteiger partial charge < -0.3 is 5.32 Å². The average Bonchev–Trinajstić information content (AvgIpc) is 2.50. The van der Waals surface area contributed by atoms with Gasteiger partial charge in [0.05, 0.1) is 6.04 Å². The third-order valence-corrected chi connectivity index (χ3v) is 4.41. The highest BCUT2D eigenvalue weighted by atomic mass is 16.1. The summed E-state index contributed by atoms with van der Waals surface area (Å²) in [5.41, 5.74) is 1.31. The summed E-state index contributed by atoms with van der Waals surface area (Å²) in [7, 11) is 0. The maximum Gasteiger partial charge on any atom is 0.220 e. The van der Waals surface area contributed by atoms with Gasteiger partial charge in [0.1, 0.15) is 0 Å². The largest absolute Gasteiger partial charge is 0.354 e. The molecule has 0 bridgehead atoms. The summed E-state index contributed by atoms with van der Waals surface area (Å²) in [6, 6.07) is 10.9. The van der Waals surface area contributed by atoms with Gasteiger partial charge in [-0.15, -0.1) is 0 Å². The lowest BCUT2D eigenvalue weighted by atomic mass is 9.95. The molecule has 1 aromatic rings. The number of benzene rings is 1. The van der Waals surface area contributed by atoms with Crippen LogP contribution in [0.25, 0.3) is 0 Å². The maximum absolute atomic E-state index is 11.8. The highest BCUT2D eigenvalue weighted by molar-refractivity contribution is 5.75. The van der Waals surface area contributed by atoms with Crippen LogP contribution in [0, 0.1) is 5.92 Å². The SMILES string of the molecule is CCCC(=O)NCC(c1ccccc1)N1CCC(C)CC1. The van der Waals surface area contributed by atoms with Crippen LogP contribution in [0.4, 0.5) is 0 Å². The molecule has 3 heteroatoms. The summed E-state index contributed by atoms with van der Waals surface area (Å²) in [6.07, 6.45) is 4.04. The van der Waals surface area contributed by atoms with Crippen LogP contribution in [0.1, 0.15) is 51.1 Å². The summed E-state index contributed by atoms with van der Waals surface area (Å²) in [4.78, 5) is 14.3. The lowest BCUT2D eigenvalue weighted by Crippen LogP contribution is -2.41. The lowest BCUT2D eigenvalue weighted by Gasteiger charge is -2.37. The van der Waals surface area contributed by atoms with Crippen LogP contribution in [0.5, 0.6) is 0 Å². The number of hydrogen-bond acceptors (Lipinski definition) is 2. The molecule has 0 aliphatic carbocycles. The van der Waals surface area contributed by atoms with E-state index < -0.39 is 0 Å². The summed E-state index contributed by atoms with van der Waals surface area (Å²) in [6.45, 7) is 7.35. The first-order valence-electron chi connectivity index (χ1n) is 8.26. The number of piperidine rings is 1. The van der Waals surface area contributed by atoms with E-state index in [1.165, 1.54) is 18.4 Å². The fraction of sp³-hybridized carbons (Fsp3) is 0.611. The standard InChI is InChI=1S/C18H28N2O/c1-3-7-18(21)19-14-17(16-8-5-4-6-9-16)20-12-10-15(2)11-13-20/h4-6,8-9,15,17H,3,7,10-14H2,1-2H3,(H,19,21). The van der Waals surface area contributed by atoms with E-state index in [0.29, 0.717) is 12.5 Å². The Morgan fingerprint density at radius 2 is 1.95 bits per heavy atom. The van der Waals surface area contributed by atoms with Crippen molar-refractivity contribution in [3.63, 3.8) is 0 Å². The molecule has 1 aromatic carbocycles. The number of carbonyl (C=O) groups is 1. The molecule has 21 heavy (non-hydrogen) atoms. The van der Waals surface area contributed by atoms with Crippen molar-refractivity contribution in [2.45, 2.75) is 45.6 Å². The molecule has 1 N–H and O–H groups in total. The number of hydrogen-bond donors (Lipinski definition) is 1. The normalized spacial score (nSPS) is 18.4. The van der Waals surface area contributed by atoms with Crippen molar-refractivity contribution >= 4 is 5.91 Å². The van der Waals surface area contributed by atoms with E-state index in [-0.39, 0.29) is 5.91 Å². The van der Waals surface area contributed by atoms with Crippen molar-refractivity contribution in [3.05, 3.63) is 35.9 Å². The molecule has 1 atom stereocenters. The van der Waals surface area contributed by atoms with Crippen molar-refractivity contribution in [1.29, 1.82) is 0 Å². The number of nitrogens with zero attached hydrogens (tertiary/aromatic N) is 1. The van der Waals surface area contributed by atoms with Gasteiger partial charge in [0.15, 0.2) is 0 Å². The molecule has 2 rings (SSSR count). The van der Waals surface area contributed by atoms with E-state index in [4.69, 9.17) is 0 Å². The second-order valence-corrected chi connectivity index (χ2v) is 6.20. The number of rotatable bonds is 6. The molecule has 1 aliphatic heterocycles. The smallest absolute Gasteiger partial charge is 0.220 e. The van der Waals surface area contributed by atoms with Crippen LogP contribution >= 0.6 is 0 Å². The van der Waals surface area contributed by atoms with Crippen LogP contribution in [-0.4, -0.2) is 30.4 Å². The summed E-state index contributed by atoms with van der Waals surface area (Å²) in [5.74, 6) is 0.996. The average molecular weight is 288 g/mol. The lowest BCUT2D eigenvalue weighted by molar-refractivity contribution is -0.121. The molecule has 0 spiro atoms. The van der Waals surface area contributed by atoms with Crippen LogP contribution in [-0.2, 0) is 4.79 Å². The third-order valence-electron chi connectivity index (χ3n) is 4.41. The van der Waals surface area contributed by atoms with E-state index in [0.717, 1.165) is 32.0 Å². The molecule has 0 aromatic heterocycles. The van der Waals surface area contributed by atoms with Crippen LogP contribution < -0.4 is 5.32 Å². The Morgan fingerprint density at radius 1 is 1.29 bits per heavy atom. The molecule has 1 amide bonds. The number of carbonyl (C=O) groups excluding carboxylic acids is 1. The Bertz CT molecular complexity index is 424. The number of nitrogens with one attached hydrogen (secondary N) is 1. The third kappa shape index (κ3) is 4.85. The van der Waals surface area contributed by atoms with E-state index in [9.17, 15) is 4.79 Å². The predicted molar refractivity (Wildman–Crippen MR) is 87.1 cm³/mol. The molecule has 1 saturated heterocycles. The van der Waals surface area contributed by atoms with Crippen LogP contribution in [0.2, 0.25) is 0 Å². The maximum atomic E-state index is 11.8. The first-order chi connectivity index (χ1) is 10.2. The minimum atomic E-state index is 0.170. The Morgan fingerprint density at radius 3 is 2.57 bits per heavy atom. The van der Waals surface area contributed by atoms with Gasteiger partial charge in [-0.1, -0.05) is 44.2 Å².